The van der Waals surface area contributed by atoms with Crippen LogP contribution in [0.5, 0.6) is 0 Å². The normalized spacial score (nSPS) is 27.8. The van der Waals surface area contributed by atoms with Crippen LogP contribution in [0, 0.1) is 12.3 Å². The summed E-state index contributed by atoms with van der Waals surface area (Å²) in [7, 11) is 0. The van der Waals surface area contributed by atoms with Crippen molar-refractivity contribution in [3.05, 3.63) is 58.6 Å². The summed E-state index contributed by atoms with van der Waals surface area (Å²) in [6.45, 7) is 3.91. The molecule has 3 nitrogen and oxygen atoms in total. The van der Waals surface area contributed by atoms with Crippen molar-refractivity contribution in [2.24, 2.45) is 5.41 Å². The zero-order chi connectivity index (χ0) is 19.2. The highest BCUT2D eigenvalue weighted by Crippen LogP contribution is 2.47. The molecule has 3 unspecified atom stereocenters. The molecule has 2 aromatic carbocycles. The van der Waals surface area contributed by atoms with E-state index in [-0.39, 0.29) is 11.9 Å². The van der Waals surface area contributed by atoms with Crippen LogP contribution in [0.25, 0.3) is 11.1 Å². The molecule has 0 aromatic heterocycles. The molecule has 1 aliphatic heterocycles. The van der Waals surface area contributed by atoms with Crippen molar-refractivity contribution >= 4 is 23.4 Å². The predicted octanol–water partition coefficient (Wildman–Crippen LogP) is 5.47. The molecule has 0 spiro atoms. The SMILES string of the molecule is Cc1ccc(-c2ccc(Cl)cc2)cc1C1C(=O)OC2CCCCC2(C)C1=O. The van der Waals surface area contributed by atoms with Crippen LogP contribution in [0.15, 0.2) is 42.5 Å². The second kappa shape index (κ2) is 6.79. The average molecular weight is 383 g/mol. The summed E-state index contributed by atoms with van der Waals surface area (Å²) in [6, 6.07) is 13.5. The van der Waals surface area contributed by atoms with E-state index in [4.69, 9.17) is 16.3 Å². The molecular formula is C23H23ClO3. The van der Waals surface area contributed by atoms with E-state index in [1.54, 1.807) is 0 Å². The zero-order valence-electron chi connectivity index (χ0n) is 15.6. The van der Waals surface area contributed by atoms with Crippen LogP contribution in [-0.4, -0.2) is 17.9 Å². The molecule has 0 N–H and O–H groups in total. The molecule has 4 rings (SSSR count). The highest BCUT2D eigenvalue weighted by Gasteiger charge is 2.54. The molecule has 1 saturated carbocycles. The number of halogens is 1. The Morgan fingerprint density at radius 1 is 1.04 bits per heavy atom. The first-order valence-electron chi connectivity index (χ1n) is 9.51. The second-order valence-electron chi connectivity index (χ2n) is 7.96. The smallest absolute Gasteiger partial charge is 0.321 e. The third-order valence-corrected chi connectivity index (χ3v) is 6.46. The van der Waals surface area contributed by atoms with Crippen molar-refractivity contribution in [3.63, 3.8) is 0 Å². The fourth-order valence-electron chi connectivity index (χ4n) is 4.46. The molecule has 2 aromatic rings. The fraction of sp³-hybridized carbons (Fsp3) is 0.391. The highest BCUT2D eigenvalue weighted by atomic mass is 35.5. The number of benzene rings is 2. The van der Waals surface area contributed by atoms with Crippen molar-refractivity contribution < 1.29 is 14.3 Å². The fourth-order valence-corrected chi connectivity index (χ4v) is 4.58. The molecule has 0 bridgehead atoms. The topological polar surface area (TPSA) is 43.4 Å². The number of rotatable bonds is 2. The Morgan fingerprint density at radius 3 is 2.48 bits per heavy atom. The van der Waals surface area contributed by atoms with Crippen molar-refractivity contribution in [2.45, 2.75) is 51.6 Å². The van der Waals surface area contributed by atoms with Gasteiger partial charge in [-0.1, -0.05) is 42.3 Å². The van der Waals surface area contributed by atoms with Crippen LogP contribution in [0.2, 0.25) is 5.02 Å². The average Bonchev–Trinajstić information content (AvgIpc) is 2.65. The summed E-state index contributed by atoms with van der Waals surface area (Å²) >= 11 is 5.99. The molecular weight excluding hydrogens is 360 g/mol. The van der Waals surface area contributed by atoms with Crippen molar-refractivity contribution in [1.29, 1.82) is 0 Å². The molecule has 4 heteroatoms. The van der Waals surface area contributed by atoms with Gasteiger partial charge in [0.1, 0.15) is 12.0 Å². The lowest BCUT2D eigenvalue weighted by molar-refractivity contribution is -0.178. The Kier molecular flexibility index (Phi) is 4.59. The molecule has 3 atom stereocenters. The predicted molar refractivity (Wildman–Crippen MR) is 106 cm³/mol. The van der Waals surface area contributed by atoms with E-state index in [0.29, 0.717) is 5.02 Å². The summed E-state index contributed by atoms with van der Waals surface area (Å²) in [5, 5.41) is 0.674. The summed E-state index contributed by atoms with van der Waals surface area (Å²) in [6.07, 6.45) is 3.31. The molecule has 1 heterocycles. The van der Waals surface area contributed by atoms with Crippen LogP contribution in [0.4, 0.5) is 0 Å². The van der Waals surface area contributed by atoms with E-state index in [9.17, 15) is 9.59 Å². The first kappa shape index (κ1) is 18.2. The van der Waals surface area contributed by atoms with Gasteiger partial charge in [-0.2, -0.15) is 0 Å². The molecule has 1 saturated heterocycles. The quantitative estimate of drug-likeness (QED) is 0.510. The Balaban J connectivity index is 1.75. The van der Waals surface area contributed by atoms with Gasteiger partial charge in [0.05, 0.1) is 5.41 Å². The van der Waals surface area contributed by atoms with Crippen molar-refractivity contribution in [1.82, 2.24) is 0 Å². The standard InChI is InChI=1S/C23H23ClO3/c1-14-6-7-16(15-8-10-17(24)11-9-15)13-18(14)20-21(25)23(2)12-4-3-5-19(23)27-22(20)26/h6-11,13,19-20H,3-5,12H2,1-2H3. The van der Waals surface area contributed by atoms with E-state index in [2.05, 4.69) is 0 Å². The second-order valence-corrected chi connectivity index (χ2v) is 8.40. The van der Waals surface area contributed by atoms with Crippen LogP contribution in [-0.2, 0) is 14.3 Å². The van der Waals surface area contributed by atoms with Crippen LogP contribution >= 0.6 is 11.6 Å². The number of Topliss-reactive ketones (excluding diaryl/α,β-unsaturated/α-hetero) is 1. The number of carbonyl (C=O) groups excluding carboxylic acids is 2. The van der Waals surface area contributed by atoms with Gasteiger partial charge in [0.2, 0.25) is 0 Å². The molecule has 0 amide bonds. The zero-order valence-corrected chi connectivity index (χ0v) is 16.4. The number of fused-ring (bicyclic) bond motifs is 1. The third kappa shape index (κ3) is 3.08. The van der Waals surface area contributed by atoms with Crippen LogP contribution < -0.4 is 0 Å². The number of hydrogen-bond donors (Lipinski definition) is 0. The number of hydrogen-bond acceptors (Lipinski definition) is 3. The number of ether oxygens (including phenoxy) is 1. The maximum atomic E-state index is 13.4. The minimum atomic E-state index is -0.836. The van der Waals surface area contributed by atoms with E-state index < -0.39 is 17.3 Å². The van der Waals surface area contributed by atoms with Gasteiger partial charge >= 0.3 is 5.97 Å². The van der Waals surface area contributed by atoms with E-state index >= 15 is 0 Å². The number of ketones is 1. The third-order valence-electron chi connectivity index (χ3n) is 6.21. The minimum absolute atomic E-state index is 0.0137. The molecule has 2 fully saturated rings. The van der Waals surface area contributed by atoms with Gasteiger partial charge in [0, 0.05) is 5.02 Å². The molecule has 140 valence electrons. The number of aryl methyl sites for hydroxylation is 1. The monoisotopic (exact) mass is 382 g/mol. The summed E-state index contributed by atoms with van der Waals surface area (Å²) in [4.78, 5) is 26.2. The van der Waals surface area contributed by atoms with Crippen molar-refractivity contribution in [2.75, 3.05) is 0 Å². The summed E-state index contributed by atoms with van der Waals surface area (Å²) in [5.74, 6) is -1.22. The number of carbonyl (C=O) groups is 2. The number of esters is 1. The van der Waals surface area contributed by atoms with Gasteiger partial charge in [-0.3, -0.25) is 9.59 Å². The lowest BCUT2D eigenvalue weighted by Gasteiger charge is -2.45. The largest absolute Gasteiger partial charge is 0.461 e. The maximum Gasteiger partial charge on any atom is 0.321 e. The van der Waals surface area contributed by atoms with Gasteiger partial charge in [0.25, 0.3) is 0 Å². The Hall–Kier alpha value is -2.13. The van der Waals surface area contributed by atoms with Crippen LogP contribution in [0.3, 0.4) is 0 Å². The Labute approximate surface area is 164 Å². The molecule has 1 aliphatic carbocycles. The van der Waals surface area contributed by atoms with Gasteiger partial charge in [-0.15, -0.1) is 0 Å². The Morgan fingerprint density at radius 2 is 1.74 bits per heavy atom. The van der Waals surface area contributed by atoms with E-state index in [0.717, 1.165) is 47.9 Å². The molecule has 0 radical (unpaired) electrons. The molecule has 2 aliphatic rings. The summed E-state index contributed by atoms with van der Waals surface area (Å²) in [5.41, 5.74) is 3.07. The van der Waals surface area contributed by atoms with E-state index in [1.807, 2.05) is 56.3 Å². The first-order chi connectivity index (χ1) is 12.9. The van der Waals surface area contributed by atoms with Gasteiger partial charge in [-0.25, -0.2) is 0 Å². The highest BCUT2D eigenvalue weighted by molar-refractivity contribution is 6.30. The van der Waals surface area contributed by atoms with E-state index in [1.165, 1.54) is 0 Å². The molecule has 27 heavy (non-hydrogen) atoms. The van der Waals surface area contributed by atoms with Crippen LogP contribution in [0.1, 0.15) is 49.7 Å². The maximum absolute atomic E-state index is 13.4. The van der Waals surface area contributed by atoms with Crippen molar-refractivity contribution in [3.8, 4) is 11.1 Å². The lowest BCUT2D eigenvalue weighted by atomic mass is 9.64. The Bertz CT molecular complexity index is 902. The van der Waals surface area contributed by atoms with Gasteiger partial charge < -0.3 is 4.74 Å². The summed E-state index contributed by atoms with van der Waals surface area (Å²) < 4.78 is 5.77. The first-order valence-corrected chi connectivity index (χ1v) is 9.89. The van der Waals surface area contributed by atoms with Gasteiger partial charge in [0.15, 0.2) is 5.78 Å². The minimum Gasteiger partial charge on any atom is -0.461 e. The van der Waals surface area contributed by atoms with Gasteiger partial charge in [-0.05, 0) is 73.6 Å². The lowest BCUT2D eigenvalue weighted by Crippen LogP contribution is -2.53.